The third kappa shape index (κ3) is 5.33. The largest absolute Gasteiger partial charge is 0.466 e. The summed E-state index contributed by atoms with van der Waals surface area (Å²) in [4.78, 5) is 15.9. The SMILES string of the molecule is COC(=O)/C(=C/c1ccc(Sc2ccc(Cl)c(Cl)c2)cc1Cl)N=[N+]=[N-]. The van der Waals surface area contributed by atoms with Gasteiger partial charge in [0.15, 0.2) is 0 Å². The number of azide groups is 1. The van der Waals surface area contributed by atoms with Gasteiger partial charge in [-0.25, -0.2) is 4.79 Å². The van der Waals surface area contributed by atoms with Crippen LogP contribution in [0.5, 0.6) is 0 Å². The zero-order valence-electron chi connectivity index (χ0n) is 12.7. The Kier molecular flexibility index (Phi) is 7.05. The highest BCUT2D eigenvalue weighted by atomic mass is 35.5. The molecule has 0 saturated carbocycles. The van der Waals surface area contributed by atoms with Gasteiger partial charge in [-0.15, -0.1) is 0 Å². The fourth-order valence-corrected chi connectivity index (χ4v) is 3.35. The van der Waals surface area contributed by atoms with Crippen molar-refractivity contribution in [1.29, 1.82) is 0 Å². The summed E-state index contributed by atoms with van der Waals surface area (Å²) in [6.45, 7) is 0. The Morgan fingerprint density at radius 3 is 2.32 bits per heavy atom. The maximum Gasteiger partial charge on any atom is 0.340 e. The van der Waals surface area contributed by atoms with Gasteiger partial charge < -0.3 is 4.74 Å². The van der Waals surface area contributed by atoms with Crippen molar-refractivity contribution in [3.63, 3.8) is 0 Å². The second kappa shape index (κ2) is 9.04. The molecule has 0 saturated heterocycles. The van der Waals surface area contributed by atoms with E-state index in [4.69, 9.17) is 40.3 Å². The number of nitrogens with zero attached hydrogens (tertiary/aromatic N) is 3. The minimum absolute atomic E-state index is 0.184. The predicted octanol–water partition coefficient (Wildman–Crippen LogP) is 6.62. The number of esters is 1. The van der Waals surface area contributed by atoms with Crippen molar-refractivity contribution >= 4 is 58.6 Å². The Labute approximate surface area is 163 Å². The molecular formula is C16H10Cl3N3O2S. The molecule has 0 atom stereocenters. The Morgan fingerprint density at radius 1 is 1.12 bits per heavy atom. The van der Waals surface area contributed by atoms with Crippen LogP contribution in [0.15, 0.2) is 57.0 Å². The molecule has 0 N–H and O–H groups in total. The fraction of sp³-hybridized carbons (Fsp3) is 0.0625. The molecule has 2 rings (SSSR count). The standard InChI is InChI=1S/C16H10Cl3N3O2S/c1-24-16(23)15(21-22-20)6-9-2-3-10(7-13(9)18)25-11-4-5-12(17)14(19)8-11/h2-8H,1H3/b15-6-. The first kappa shape index (κ1) is 19.5. The van der Waals surface area contributed by atoms with Crippen LogP contribution in [0, 0.1) is 0 Å². The number of carbonyl (C=O) groups is 1. The van der Waals surface area contributed by atoms with Crippen molar-refractivity contribution in [2.45, 2.75) is 9.79 Å². The number of hydrogen-bond donors (Lipinski definition) is 0. The Balaban J connectivity index is 2.29. The van der Waals surface area contributed by atoms with E-state index in [1.54, 1.807) is 24.3 Å². The van der Waals surface area contributed by atoms with Crippen LogP contribution in [0.25, 0.3) is 16.5 Å². The molecule has 0 spiro atoms. The van der Waals surface area contributed by atoms with Crippen LogP contribution >= 0.6 is 46.6 Å². The van der Waals surface area contributed by atoms with Crippen molar-refractivity contribution in [2.24, 2.45) is 5.11 Å². The first-order valence-electron chi connectivity index (χ1n) is 6.72. The van der Waals surface area contributed by atoms with Crippen LogP contribution < -0.4 is 0 Å². The molecule has 0 aromatic heterocycles. The summed E-state index contributed by atoms with van der Waals surface area (Å²) in [6, 6.07) is 10.6. The summed E-state index contributed by atoms with van der Waals surface area (Å²) in [6.07, 6.45) is 1.36. The Bertz CT molecular complexity index is 896. The highest BCUT2D eigenvalue weighted by molar-refractivity contribution is 7.99. The van der Waals surface area contributed by atoms with Gasteiger partial charge in [0.1, 0.15) is 5.70 Å². The monoisotopic (exact) mass is 413 g/mol. The van der Waals surface area contributed by atoms with Crippen molar-refractivity contribution in [3.05, 3.63) is 73.2 Å². The van der Waals surface area contributed by atoms with Crippen LogP contribution in [-0.4, -0.2) is 13.1 Å². The van der Waals surface area contributed by atoms with E-state index in [0.29, 0.717) is 20.6 Å². The zero-order chi connectivity index (χ0) is 18.4. The van der Waals surface area contributed by atoms with Crippen molar-refractivity contribution in [2.75, 3.05) is 7.11 Å². The van der Waals surface area contributed by atoms with E-state index >= 15 is 0 Å². The number of ether oxygens (including phenoxy) is 1. The molecule has 2 aromatic rings. The molecule has 128 valence electrons. The van der Waals surface area contributed by atoms with E-state index in [1.807, 2.05) is 12.1 Å². The fourth-order valence-electron chi connectivity index (χ4n) is 1.79. The van der Waals surface area contributed by atoms with Gasteiger partial charge in [0.25, 0.3) is 0 Å². The molecule has 0 fully saturated rings. The molecule has 25 heavy (non-hydrogen) atoms. The summed E-state index contributed by atoms with van der Waals surface area (Å²) in [5, 5.41) is 4.66. The Morgan fingerprint density at radius 2 is 1.76 bits per heavy atom. The number of carbonyl (C=O) groups excluding carboxylic acids is 1. The number of halogens is 3. The molecule has 0 radical (unpaired) electrons. The molecule has 2 aromatic carbocycles. The lowest BCUT2D eigenvalue weighted by atomic mass is 10.2. The Hall–Kier alpha value is -1.82. The summed E-state index contributed by atoms with van der Waals surface area (Å²) in [7, 11) is 1.20. The van der Waals surface area contributed by atoms with Gasteiger partial charge in [-0.05, 0) is 47.5 Å². The predicted molar refractivity (Wildman–Crippen MR) is 101 cm³/mol. The molecule has 5 nitrogen and oxygen atoms in total. The normalized spacial score (nSPS) is 11.0. The topological polar surface area (TPSA) is 75.1 Å². The van der Waals surface area contributed by atoms with Crippen molar-refractivity contribution in [1.82, 2.24) is 0 Å². The molecule has 9 heteroatoms. The van der Waals surface area contributed by atoms with E-state index in [1.165, 1.54) is 24.9 Å². The average molecular weight is 415 g/mol. The summed E-state index contributed by atoms with van der Waals surface area (Å²) in [5.41, 5.74) is 8.87. The lowest BCUT2D eigenvalue weighted by Crippen LogP contribution is -2.01. The lowest BCUT2D eigenvalue weighted by Gasteiger charge is -2.06. The van der Waals surface area contributed by atoms with Gasteiger partial charge >= 0.3 is 5.97 Å². The summed E-state index contributed by atoms with van der Waals surface area (Å²) in [5.74, 6) is -0.747. The number of benzene rings is 2. The molecule has 0 bridgehead atoms. The van der Waals surface area contributed by atoms with Crippen LogP contribution in [0.4, 0.5) is 0 Å². The zero-order valence-corrected chi connectivity index (χ0v) is 15.8. The maximum absolute atomic E-state index is 11.6. The molecule has 0 aliphatic heterocycles. The smallest absolute Gasteiger partial charge is 0.340 e. The van der Waals surface area contributed by atoms with E-state index in [2.05, 4.69) is 14.8 Å². The van der Waals surface area contributed by atoms with Gasteiger partial charge in [0, 0.05) is 19.7 Å². The third-order valence-corrected chi connectivity index (χ3v) is 4.98. The minimum Gasteiger partial charge on any atom is -0.466 e. The van der Waals surface area contributed by atoms with Crippen LogP contribution in [0.1, 0.15) is 5.56 Å². The highest BCUT2D eigenvalue weighted by Gasteiger charge is 2.10. The van der Waals surface area contributed by atoms with Gasteiger partial charge in [-0.3, -0.25) is 0 Å². The van der Waals surface area contributed by atoms with Gasteiger partial charge in [0.05, 0.1) is 17.2 Å². The summed E-state index contributed by atoms with van der Waals surface area (Å²) >= 11 is 19.6. The molecule has 0 heterocycles. The first-order valence-corrected chi connectivity index (χ1v) is 8.67. The summed E-state index contributed by atoms with van der Waals surface area (Å²) < 4.78 is 4.56. The number of hydrogen-bond acceptors (Lipinski definition) is 4. The molecule has 0 aliphatic rings. The van der Waals surface area contributed by atoms with Crippen molar-refractivity contribution in [3.8, 4) is 0 Å². The number of rotatable bonds is 5. The highest BCUT2D eigenvalue weighted by Crippen LogP contribution is 2.34. The molecule has 0 unspecified atom stereocenters. The van der Waals surface area contributed by atoms with E-state index in [-0.39, 0.29) is 5.70 Å². The molecular weight excluding hydrogens is 405 g/mol. The van der Waals surface area contributed by atoms with Gasteiger partial charge in [-0.2, -0.15) is 0 Å². The minimum atomic E-state index is -0.747. The van der Waals surface area contributed by atoms with E-state index in [0.717, 1.165) is 9.79 Å². The van der Waals surface area contributed by atoms with E-state index < -0.39 is 5.97 Å². The van der Waals surface area contributed by atoms with Gasteiger partial charge in [-0.1, -0.05) is 57.7 Å². The van der Waals surface area contributed by atoms with Crippen LogP contribution in [-0.2, 0) is 9.53 Å². The maximum atomic E-state index is 11.6. The number of methoxy groups -OCH3 is 1. The quantitative estimate of drug-likeness (QED) is 0.181. The van der Waals surface area contributed by atoms with E-state index in [9.17, 15) is 4.79 Å². The third-order valence-electron chi connectivity index (χ3n) is 2.94. The second-order valence-electron chi connectivity index (χ2n) is 4.57. The van der Waals surface area contributed by atoms with Gasteiger partial charge in [0.2, 0.25) is 0 Å². The lowest BCUT2D eigenvalue weighted by molar-refractivity contribution is -0.136. The molecule has 0 aliphatic carbocycles. The average Bonchev–Trinajstić information content (AvgIpc) is 2.59. The van der Waals surface area contributed by atoms with Crippen LogP contribution in [0.3, 0.4) is 0 Å². The first-order chi connectivity index (χ1) is 11.9. The van der Waals surface area contributed by atoms with Crippen LogP contribution in [0.2, 0.25) is 15.1 Å². The second-order valence-corrected chi connectivity index (χ2v) is 6.94. The van der Waals surface area contributed by atoms with Crippen molar-refractivity contribution < 1.29 is 9.53 Å². The molecule has 0 amide bonds.